The van der Waals surface area contributed by atoms with Gasteiger partial charge in [0.15, 0.2) is 9.84 Å². The summed E-state index contributed by atoms with van der Waals surface area (Å²) in [5.41, 5.74) is 1.45. The number of hydrogen-bond acceptors (Lipinski definition) is 3. The number of para-hydroxylation sites is 1. The van der Waals surface area contributed by atoms with E-state index in [0.717, 1.165) is 37.1 Å². The van der Waals surface area contributed by atoms with Crippen LogP contribution >= 0.6 is 11.6 Å². The molecule has 0 N–H and O–H groups in total. The number of benzene rings is 1. The van der Waals surface area contributed by atoms with E-state index in [1.807, 2.05) is 6.07 Å². The van der Waals surface area contributed by atoms with Crippen molar-refractivity contribution < 1.29 is 8.42 Å². The first-order valence-electron chi connectivity index (χ1n) is 7.23. The molecule has 0 saturated carbocycles. The summed E-state index contributed by atoms with van der Waals surface area (Å²) in [6.07, 6.45) is 5.21. The minimum Gasteiger partial charge on any atom is -0.328 e. The lowest BCUT2D eigenvalue weighted by molar-refractivity contribution is 0.594. The van der Waals surface area contributed by atoms with Crippen LogP contribution in [0.1, 0.15) is 32.0 Å². The molecule has 4 nitrogen and oxygen atoms in total. The van der Waals surface area contributed by atoms with Gasteiger partial charge in [-0.15, -0.1) is 11.6 Å². The zero-order chi connectivity index (χ0) is 15.5. The van der Waals surface area contributed by atoms with Crippen molar-refractivity contribution in [3.05, 3.63) is 24.0 Å². The summed E-state index contributed by atoms with van der Waals surface area (Å²) in [5.74, 6) is 1.35. The van der Waals surface area contributed by atoms with Crippen molar-refractivity contribution in [1.29, 1.82) is 0 Å². The summed E-state index contributed by atoms with van der Waals surface area (Å²) in [6.45, 7) is 3.01. The monoisotopic (exact) mass is 328 g/mol. The highest BCUT2D eigenvalue weighted by molar-refractivity contribution is 7.91. The predicted molar refractivity (Wildman–Crippen MR) is 86.8 cm³/mol. The predicted octanol–water partition coefficient (Wildman–Crippen LogP) is 3.41. The van der Waals surface area contributed by atoms with E-state index < -0.39 is 9.84 Å². The maximum atomic E-state index is 11.9. The van der Waals surface area contributed by atoms with Crippen LogP contribution in [0, 0.1) is 0 Å². The third kappa shape index (κ3) is 3.58. The fraction of sp³-hybridized carbons (Fsp3) is 0.533. The van der Waals surface area contributed by atoms with Crippen molar-refractivity contribution in [3.8, 4) is 0 Å². The highest BCUT2D eigenvalue weighted by Gasteiger charge is 2.18. The van der Waals surface area contributed by atoms with E-state index in [9.17, 15) is 8.42 Å². The van der Waals surface area contributed by atoms with E-state index in [2.05, 4.69) is 16.5 Å². The number of imidazole rings is 1. The number of aryl methyl sites for hydroxylation is 2. The molecule has 0 radical (unpaired) electrons. The molecule has 0 spiro atoms. The molecule has 1 aromatic carbocycles. The van der Waals surface area contributed by atoms with E-state index in [0.29, 0.717) is 22.7 Å². The molecule has 21 heavy (non-hydrogen) atoms. The molecule has 0 bridgehead atoms. The van der Waals surface area contributed by atoms with Gasteiger partial charge in [-0.05, 0) is 18.6 Å². The zero-order valence-electron chi connectivity index (χ0n) is 12.5. The molecule has 0 saturated heterocycles. The van der Waals surface area contributed by atoms with Crippen LogP contribution in [0.3, 0.4) is 0 Å². The lowest BCUT2D eigenvalue weighted by Gasteiger charge is -2.08. The van der Waals surface area contributed by atoms with Crippen LogP contribution < -0.4 is 0 Å². The van der Waals surface area contributed by atoms with Crippen molar-refractivity contribution in [2.45, 2.75) is 44.0 Å². The van der Waals surface area contributed by atoms with Gasteiger partial charge in [0.05, 0.1) is 10.4 Å². The van der Waals surface area contributed by atoms with Gasteiger partial charge >= 0.3 is 0 Å². The first-order chi connectivity index (χ1) is 9.99. The zero-order valence-corrected chi connectivity index (χ0v) is 14.0. The molecular formula is C15H21ClN2O2S. The lowest BCUT2D eigenvalue weighted by Crippen LogP contribution is -2.05. The molecule has 2 aromatic rings. The molecule has 0 atom stereocenters. The van der Waals surface area contributed by atoms with Crippen molar-refractivity contribution in [3.63, 3.8) is 0 Å². The fourth-order valence-electron chi connectivity index (χ4n) is 2.51. The second kappa shape index (κ2) is 6.79. The summed E-state index contributed by atoms with van der Waals surface area (Å²) in [6, 6.07) is 5.33. The smallest absolute Gasteiger partial charge is 0.177 e. The molecule has 6 heteroatoms. The van der Waals surface area contributed by atoms with Crippen LogP contribution in [-0.2, 0) is 22.8 Å². The number of unbranched alkanes of at least 4 members (excludes halogenated alkanes) is 2. The standard InChI is InChI=1S/C15H21ClN2O2S/c1-3-4-5-11-18-12-7-6-8-13(21(2,19)20)15(12)17-14(18)9-10-16/h6-8H,3-5,9-11H2,1-2H3. The number of alkyl halides is 1. The fourth-order valence-corrected chi connectivity index (χ4v) is 3.51. The molecular weight excluding hydrogens is 308 g/mol. The Morgan fingerprint density at radius 2 is 2.05 bits per heavy atom. The molecule has 116 valence electrons. The Kier molecular flexibility index (Phi) is 5.27. The van der Waals surface area contributed by atoms with Crippen LogP contribution in [0.25, 0.3) is 11.0 Å². The molecule has 0 aliphatic carbocycles. The second-order valence-electron chi connectivity index (χ2n) is 5.22. The quantitative estimate of drug-likeness (QED) is 0.578. The van der Waals surface area contributed by atoms with Gasteiger partial charge in [0.25, 0.3) is 0 Å². The van der Waals surface area contributed by atoms with Crippen molar-refractivity contribution in [2.75, 3.05) is 12.1 Å². The SMILES string of the molecule is CCCCCn1c(CCCl)nc2c(S(C)(=O)=O)cccc21. The summed E-state index contributed by atoms with van der Waals surface area (Å²) < 4.78 is 25.9. The lowest BCUT2D eigenvalue weighted by atomic mass is 10.2. The number of sulfone groups is 1. The van der Waals surface area contributed by atoms with E-state index >= 15 is 0 Å². The van der Waals surface area contributed by atoms with Crippen LogP contribution in [0.15, 0.2) is 23.1 Å². The van der Waals surface area contributed by atoms with Crippen molar-refractivity contribution in [2.24, 2.45) is 0 Å². The molecule has 0 unspecified atom stereocenters. The van der Waals surface area contributed by atoms with Crippen LogP contribution in [0.4, 0.5) is 0 Å². The Hall–Kier alpha value is -1.07. The number of rotatable bonds is 7. The minimum atomic E-state index is -3.28. The van der Waals surface area contributed by atoms with Gasteiger partial charge < -0.3 is 4.57 Å². The van der Waals surface area contributed by atoms with Gasteiger partial charge in [0.1, 0.15) is 11.3 Å². The van der Waals surface area contributed by atoms with Crippen molar-refractivity contribution >= 4 is 32.5 Å². The average molecular weight is 329 g/mol. The Morgan fingerprint density at radius 1 is 1.29 bits per heavy atom. The van der Waals surface area contributed by atoms with Crippen molar-refractivity contribution in [1.82, 2.24) is 9.55 Å². The number of halogens is 1. The Bertz CT molecular complexity index is 723. The normalized spacial score (nSPS) is 12.1. The molecule has 1 aromatic heterocycles. The average Bonchev–Trinajstić information content (AvgIpc) is 2.76. The summed E-state index contributed by atoms with van der Waals surface area (Å²) in [7, 11) is -3.28. The molecule has 0 fully saturated rings. The van der Waals surface area contributed by atoms with Crippen LogP contribution in [-0.4, -0.2) is 30.1 Å². The first-order valence-corrected chi connectivity index (χ1v) is 9.65. The summed E-state index contributed by atoms with van der Waals surface area (Å²) in [5, 5.41) is 0. The largest absolute Gasteiger partial charge is 0.328 e. The number of hydrogen-bond donors (Lipinski definition) is 0. The van der Waals surface area contributed by atoms with E-state index in [4.69, 9.17) is 11.6 Å². The molecule has 1 heterocycles. The molecule has 2 rings (SSSR count). The highest BCUT2D eigenvalue weighted by Crippen LogP contribution is 2.24. The molecule has 0 amide bonds. The summed E-state index contributed by atoms with van der Waals surface area (Å²) >= 11 is 5.86. The van der Waals surface area contributed by atoms with Crippen LogP contribution in [0.2, 0.25) is 0 Å². The Labute approximate surface area is 131 Å². The highest BCUT2D eigenvalue weighted by atomic mass is 35.5. The van der Waals surface area contributed by atoms with Gasteiger partial charge in [0, 0.05) is 25.1 Å². The minimum absolute atomic E-state index is 0.296. The van der Waals surface area contributed by atoms with E-state index in [1.165, 1.54) is 6.26 Å². The maximum absolute atomic E-state index is 11.9. The van der Waals surface area contributed by atoms with E-state index in [-0.39, 0.29) is 0 Å². The van der Waals surface area contributed by atoms with Gasteiger partial charge in [-0.25, -0.2) is 13.4 Å². The van der Waals surface area contributed by atoms with Gasteiger partial charge in [-0.2, -0.15) is 0 Å². The third-order valence-electron chi connectivity index (χ3n) is 3.52. The Balaban J connectivity index is 2.56. The number of aromatic nitrogens is 2. The third-order valence-corrected chi connectivity index (χ3v) is 4.84. The van der Waals surface area contributed by atoms with Crippen LogP contribution in [0.5, 0.6) is 0 Å². The molecule has 0 aliphatic rings. The number of nitrogens with zero attached hydrogens (tertiary/aromatic N) is 2. The second-order valence-corrected chi connectivity index (χ2v) is 7.58. The maximum Gasteiger partial charge on any atom is 0.177 e. The van der Waals surface area contributed by atoms with Gasteiger partial charge in [0.2, 0.25) is 0 Å². The molecule has 0 aliphatic heterocycles. The van der Waals surface area contributed by atoms with Gasteiger partial charge in [-0.3, -0.25) is 0 Å². The van der Waals surface area contributed by atoms with E-state index in [1.54, 1.807) is 12.1 Å². The summed E-state index contributed by atoms with van der Waals surface area (Å²) in [4.78, 5) is 4.84. The topological polar surface area (TPSA) is 52.0 Å². The Morgan fingerprint density at radius 3 is 2.67 bits per heavy atom. The first kappa shape index (κ1) is 16.3. The number of fused-ring (bicyclic) bond motifs is 1. The van der Waals surface area contributed by atoms with Gasteiger partial charge in [-0.1, -0.05) is 25.8 Å².